The van der Waals surface area contributed by atoms with Crippen LogP contribution in [0.15, 0.2) is 24.3 Å². The highest BCUT2D eigenvalue weighted by atomic mass is 35.5. The minimum atomic E-state index is -0.391. The van der Waals surface area contributed by atoms with E-state index in [2.05, 4.69) is 16.3 Å². The number of hydrogen-bond acceptors (Lipinski definition) is 5. The molecular weight excluding hydrogens is 413 g/mol. The van der Waals surface area contributed by atoms with Gasteiger partial charge in [-0.1, -0.05) is 23.7 Å². The van der Waals surface area contributed by atoms with E-state index in [-0.39, 0.29) is 42.9 Å². The zero-order chi connectivity index (χ0) is 17.6. The number of halogens is 3. The molecule has 1 aromatic rings. The molecule has 0 spiro atoms. The van der Waals surface area contributed by atoms with E-state index in [1.807, 2.05) is 18.2 Å². The second-order valence-electron chi connectivity index (χ2n) is 6.52. The van der Waals surface area contributed by atoms with Crippen molar-refractivity contribution in [2.45, 2.75) is 31.1 Å². The van der Waals surface area contributed by atoms with Gasteiger partial charge < -0.3 is 20.5 Å². The second-order valence-corrected chi connectivity index (χ2v) is 6.96. The quantitative estimate of drug-likeness (QED) is 0.709. The molecule has 154 valence electrons. The Balaban J connectivity index is 0.00000182. The molecule has 27 heavy (non-hydrogen) atoms. The van der Waals surface area contributed by atoms with Gasteiger partial charge in [-0.25, -0.2) is 0 Å². The maximum absolute atomic E-state index is 12.4. The minimum Gasteiger partial charge on any atom is -0.379 e. The number of morpholine rings is 1. The number of amides is 1. The summed E-state index contributed by atoms with van der Waals surface area (Å²) in [6, 6.07) is 7.88. The van der Waals surface area contributed by atoms with Crippen molar-refractivity contribution < 1.29 is 14.3 Å². The van der Waals surface area contributed by atoms with Crippen molar-refractivity contribution in [1.29, 1.82) is 0 Å². The lowest BCUT2D eigenvalue weighted by molar-refractivity contribution is -0.132. The standard InChI is InChI=1S/C18H26ClN3O3.2ClH/c19-14-3-1-2-13(10-14)16(22-6-8-24-9-7-22)12-21-18(23)17-5-4-15(11-20)25-17;;/h1-3,10,15-17H,4-9,11-12,20H2,(H,21,23);2*1H/t15-,16?,17+;;/m1../s1. The van der Waals surface area contributed by atoms with Crippen LogP contribution in [0, 0.1) is 0 Å². The first-order valence-electron chi connectivity index (χ1n) is 8.88. The van der Waals surface area contributed by atoms with E-state index in [0.29, 0.717) is 31.3 Å². The maximum Gasteiger partial charge on any atom is 0.249 e. The van der Waals surface area contributed by atoms with Crippen LogP contribution in [0.25, 0.3) is 0 Å². The van der Waals surface area contributed by atoms with Crippen LogP contribution in [-0.4, -0.2) is 62.4 Å². The van der Waals surface area contributed by atoms with E-state index in [1.54, 1.807) is 0 Å². The Hall–Kier alpha value is -0.600. The van der Waals surface area contributed by atoms with Crippen LogP contribution >= 0.6 is 36.4 Å². The molecule has 2 aliphatic rings. The molecule has 1 unspecified atom stereocenters. The number of nitrogens with two attached hydrogens (primary N) is 1. The fourth-order valence-corrected chi connectivity index (χ4v) is 3.64. The van der Waals surface area contributed by atoms with Gasteiger partial charge in [0.1, 0.15) is 6.10 Å². The van der Waals surface area contributed by atoms with Crippen molar-refractivity contribution in [2.75, 3.05) is 39.4 Å². The molecule has 3 rings (SSSR count). The van der Waals surface area contributed by atoms with Gasteiger partial charge in [-0.3, -0.25) is 9.69 Å². The van der Waals surface area contributed by atoms with Gasteiger partial charge in [0, 0.05) is 31.2 Å². The van der Waals surface area contributed by atoms with Crippen molar-refractivity contribution in [2.24, 2.45) is 5.73 Å². The van der Waals surface area contributed by atoms with Gasteiger partial charge >= 0.3 is 0 Å². The van der Waals surface area contributed by atoms with E-state index in [4.69, 9.17) is 26.8 Å². The third-order valence-electron chi connectivity index (χ3n) is 4.85. The van der Waals surface area contributed by atoms with Crippen LogP contribution < -0.4 is 11.1 Å². The lowest BCUT2D eigenvalue weighted by Crippen LogP contribution is -2.45. The molecule has 0 saturated carbocycles. The summed E-state index contributed by atoms with van der Waals surface area (Å²) in [5.74, 6) is -0.0590. The predicted molar refractivity (Wildman–Crippen MR) is 111 cm³/mol. The molecule has 3 atom stereocenters. The lowest BCUT2D eigenvalue weighted by Gasteiger charge is -2.35. The molecule has 3 N–H and O–H groups in total. The summed E-state index contributed by atoms with van der Waals surface area (Å²) >= 11 is 6.16. The highest BCUT2D eigenvalue weighted by Gasteiger charge is 2.31. The molecule has 0 bridgehead atoms. The van der Waals surface area contributed by atoms with Gasteiger partial charge in [0.2, 0.25) is 5.91 Å². The van der Waals surface area contributed by atoms with Gasteiger partial charge in [-0.2, -0.15) is 0 Å². The van der Waals surface area contributed by atoms with Crippen molar-refractivity contribution in [3.05, 3.63) is 34.9 Å². The number of carbonyl (C=O) groups is 1. The molecule has 1 amide bonds. The molecule has 2 fully saturated rings. The number of nitrogens with one attached hydrogen (secondary N) is 1. The summed E-state index contributed by atoms with van der Waals surface area (Å²) in [5, 5.41) is 3.76. The van der Waals surface area contributed by atoms with E-state index in [9.17, 15) is 4.79 Å². The van der Waals surface area contributed by atoms with Crippen LogP contribution in [-0.2, 0) is 14.3 Å². The summed E-state index contributed by atoms with van der Waals surface area (Å²) in [7, 11) is 0. The average Bonchev–Trinajstić information content (AvgIpc) is 3.12. The molecule has 0 aliphatic carbocycles. The van der Waals surface area contributed by atoms with Crippen molar-refractivity contribution in [1.82, 2.24) is 10.2 Å². The Morgan fingerprint density at radius 1 is 1.30 bits per heavy atom. The van der Waals surface area contributed by atoms with Gasteiger partial charge in [-0.05, 0) is 30.5 Å². The summed E-state index contributed by atoms with van der Waals surface area (Å²) < 4.78 is 11.1. The first-order chi connectivity index (χ1) is 12.2. The van der Waals surface area contributed by atoms with E-state index >= 15 is 0 Å². The smallest absolute Gasteiger partial charge is 0.249 e. The first-order valence-corrected chi connectivity index (χ1v) is 9.25. The Kier molecular flexibility index (Phi) is 10.9. The van der Waals surface area contributed by atoms with Crippen LogP contribution in [0.5, 0.6) is 0 Å². The van der Waals surface area contributed by atoms with Crippen LogP contribution in [0.3, 0.4) is 0 Å². The monoisotopic (exact) mass is 439 g/mol. The number of rotatable bonds is 6. The molecular formula is C18H28Cl3N3O3. The Labute approximate surface area is 177 Å². The lowest BCUT2D eigenvalue weighted by atomic mass is 10.0. The Bertz CT molecular complexity index is 588. The molecule has 0 aromatic heterocycles. The van der Waals surface area contributed by atoms with Gasteiger partial charge in [0.15, 0.2) is 0 Å². The summed E-state index contributed by atoms with van der Waals surface area (Å²) in [5.41, 5.74) is 6.72. The minimum absolute atomic E-state index is 0. The molecule has 6 nitrogen and oxygen atoms in total. The predicted octanol–water partition coefficient (Wildman–Crippen LogP) is 2.18. The van der Waals surface area contributed by atoms with Crippen molar-refractivity contribution in [3.8, 4) is 0 Å². The van der Waals surface area contributed by atoms with E-state index < -0.39 is 6.10 Å². The highest BCUT2D eigenvalue weighted by molar-refractivity contribution is 6.30. The molecule has 2 saturated heterocycles. The topological polar surface area (TPSA) is 76.8 Å². The zero-order valence-corrected chi connectivity index (χ0v) is 17.5. The summed E-state index contributed by atoms with van der Waals surface area (Å²) in [4.78, 5) is 14.8. The van der Waals surface area contributed by atoms with Crippen molar-refractivity contribution in [3.63, 3.8) is 0 Å². The largest absolute Gasteiger partial charge is 0.379 e. The molecule has 9 heteroatoms. The van der Waals surface area contributed by atoms with Gasteiger partial charge in [-0.15, -0.1) is 24.8 Å². The molecule has 2 heterocycles. The molecule has 0 radical (unpaired) electrons. The summed E-state index contributed by atoms with van der Waals surface area (Å²) in [6.45, 7) is 4.06. The van der Waals surface area contributed by atoms with E-state index in [0.717, 1.165) is 31.5 Å². The Morgan fingerprint density at radius 3 is 2.67 bits per heavy atom. The summed E-state index contributed by atoms with van der Waals surface area (Å²) in [6.07, 6.45) is 1.18. The number of hydrogen-bond donors (Lipinski definition) is 2. The first kappa shape index (κ1) is 24.4. The molecule has 2 aliphatic heterocycles. The Morgan fingerprint density at radius 2 is 2.04 bits per heavy atom. The molecule has 1 aromatic carbocycles. The maximum atomic E-state index is 12.4. The third-order valence-corrected chi connectivity index (χ3v) is 5.09. The van der Waals surface area contributed by atoms with Crippen molar-refractivity contribution >= 4 is 42.3 Å². The van der Waals surface area contributed by atoms with Crippen LogP contribution in [0.1, 0.15) is 24.4 Å². The van der Waals surface area contributed by atoms with Gasteiger partial charge in [0.25, 0.3) is 0 Å². The zero-order valence-electron chi connectivity index (χ0n) is 15.1. The number of benzene rings is 1. The third kappa shape index (κ3) is 6.75. The van der Waals surface area contributed by atoms with Crippen LogP contribution in [0.4, 0.5) is 0 Å². The van der Waals surface area contributed by atoms with Crippen LogP contribution in [0.2, 0.25) is 5.02 Å². The van der Waals surface area contributed by atoms with Gasteiger partial charge in [0.05, 0.1) is 25.4 Å². The van der Waals surface area contributed by atoms with E-state index in [1.165, 1.54) is 0 Å². The number of carbonyl (C=O) groups excluding carboxylic acids is 1. The normalized spacial score (nSPS) is 23.8. The second kappa shape index (κ2) is 12.1. The fourth-order valence-electron chi connectivity index (χ4n) is 3.44. The number of nitrogens with zero attached hydrogens (tertiary/aromatic N) is 1. The number of ether oxygens (including phenoxy) is 2. The highest BCUT2D eigenvalue weighted by Crippen LogP contribution is 2.24. The SMILES string of the molecule is Cl.Cl.NC[C@H]1CC[C@@H](C(=O)NCC(c2cccc(Cl)c2)N2CCOCC2)O1. The average molecular weight is 441 g/mol. The fraction of sp³-hybridized carbons (Fsp3) is 0.611.